The van der Waals surface area contributed by atoms with Gasteiger partial charge >= 0.3 is 0 Å². The van der Waals surface area contributed by atoms with Crippen LogP contribution in [0.2, 0.25) is 5.02 Å². The molecule has 0 radical (unpaired) electrons. The van der Waals surface area contributed by atoms with Crippen molar-refractivity contribution in [3.05, 3.63) is 45.9 Å². The van der Waals surface area contributed by atoms with E-state index in [9.17, 15) is 8.42 Å². The number of sulfonamides is 1. The van der Waals surface area contributed by atoms with Gasteiger partial charge in [0.2, 0.25) is 0 Å². The van der Waals surface area contributed by atoms with Crippen LogP contribution >= 0.6 is 27.5 Å². The molecule has 2 aromatic carbocycles. The Hall–Kier alpha value is -1.44. The van der Waals surface area contributed by atoms with E-state index in [1.807, 2.05) is 0 Å². The van der Waals surface area contributed by atoms with E-state index >= 15 is 0 Å². The summed E-state index contributed by atoms with van der Waals surface area (Å²) in [4.78, 5) is 0.0284. The van der Waals surface area contributed by atoms with Crippen LogP contribution in [0.25, 0.3) is 0 Å². The number of hydrogen-bond acceptors (Lipinski definition) is 4. The molecular formula is C13H12BrClN2O3S. The number of nitrogen functional groups attached to an aromatic ring is 1. The zero-order valence-corrected chi connectivity index (χ0v) is 14.1. The van der Waals surface area contributed by atoms with E-state index in [0.29, 0.717) is 21.6 Å². The Balaban J connectivity index is 2.37. The van der Waals surface area contributed by atoms with E-state index in [2.05, 4.69) is 20.7 Å². The number of hydrogen-bond donors (Lipinski definition) is 2. The van der Waals surface area contributed by atoms with E-state index in [-0.39, 0.29) is 9.92 Å². The second kappa shape index (κ2) is 6.13. The zero-order chi connectivity index (χ0) is 15.6. The van der Waals surface area contributed by atoms with E-state index < -0.39 is 10.0 Å². The average Bonchev–Trinajstić information content (AvgIpc) is 2.40. The molecule has 5 nitrogen and oxygen atoms in total. The van der Waals surface area contributed by atoms with E-state index in [1.54, 1.807) is 18.2 Å². The molecule has 0 heterocycles. The molecule has 21 heavy (non-hydrogen) atoms. The first-order valence-corrected chi connectivity index (χ1v) is 8.39. The largest absolute Gasteiger partial charge is 0.497 e. The van der Waals surface area contributed by atoms with Crippen LogP contribution in [0.1, 0.15) is 0 Å². The van der Waals surface area contributed by atoms with Gasteiger partial charge in [-0.1, -0.05) is 27.5 Å². The summed E-state index contributed by atoms with van der Waals surface area (Å²) in [6.45, 7) is 0. The van der Waals surface area contributed by atoms with Crippen LogP contribution in [0.15, 0.2) is 45.8 Å². The predicted octanol–water partition coefficient (Wildman–Crippen LogP) is 3.49. The number of nitrogens with two attached hydrogens (primary N) is 1. The average molecular weight is 392 g/mol. The molecule has 112 valence electrons. The smallest absolute Gasteiger partial charge is 0.261 e. The Morgan fingerprint density at radius 3 is 2.57 bits per heavy atom. The Bertz CT molecular complexity index is 781. The summed E-state index contributed by atoms with van der Waals surface area (Å²) in [5, 5.41) is 0.185. The number of anilines is 2. The van der Waals surface area contributed by atoms with E-state index in [4.69, 9.17) is 22.1 Å². The van der Waals surface area contributed by atoms with Gasteiger partial charge in [-0.25, -0.2) is 8.42 Å². The van der Waals surface area contributed by atoms with Crippen molar-refractivity contribution < 1.29 is 13.2 Å². The molecule has 0 atom stereocenters. The number of methoxy groups -OCH3 is 1. The maximum Gasteiger partial charge on any atom is 0.261 e. The Morgan fingerprint density at radius 2 is 1.95 bits per heavy atom. The van der Waals surface area contributed by atoms with E-state index in [0.717, 1.165) is 0 Å². The molecule has 0 saturated carbocycles. The molecule has 2 rings (SSSR count). The third kappa shape index (κ3) is 3.81. The van der Waals surface area contributed by atoms with Gasteiger partial charge in [0.1, 0.15) is 5.75 Å². The van der Waals surface area contributed by atoms with Crippen LogP contribution < -0.4 is 15.2 Å². The molecule has 3 N–H and O–H groups in total. The van der Waals surface area contributed by atoms with Gasteiger partial charge in [-0.15, -0.1) is 0 Å². The minimum Gasteiger partial charge on any atom is -0.497 e. The third-order valence-corrected chi connectivity index (χ3v) is 4.81. The molecule has 0 aliphatic heterocycles. The third-order valence-electron chi connectivity index (χ3n) is 2.64. The maximum atomic E-state index is 12.3. The second-order valence-corrected chi connectivity index (χ2v) is 7.17. The van der Waals surface area contributed by atoms with Gasteiger partial charge in [0.05, 0.1) is 28.4 Å². The number of nitrogens with one attached hydrogen (secondary N) is 1. The summed E-state index contributed by atoms with van der Waals surface area (Å²) in [5.74, 6) is 0.525. The minimum atomic E-state index is -3.76. The van der Waals surface area contributed by atoms with Crippen molar-refractivity contribution in [2.75, 3.05) is 17.6 Å². The van der Waals surface area contributed by atoms with Crippen LogP contribution in [0.5, 0.6) is 5.75 Å². The monoisotopic (exact) mass is 390 g/mol. The van der Waals surface area contributed by atoms with Crippen molar-refractivity contribution in [3.8, 4) is 5.75 Å². The van der Waals surface area contributed by atoms with Crippen LogP contribution in [-0.2, 0) is 10.0 Å². The highest BCUT2D eigenvalue weighted by atomic mass is 79.9. The van der Waals surface area contributed by atoms with Gasteiger partial charge < -0.3 is 10.5 Å². The van der Waals surface area contributed by atoms with Gasteiger partial charge in [-0.05, 0) is 30.3 Å². The standard InChI is InChI=1S/C13H12BrClN2O3S/c1-20-10-5-8(14)4-9(6-10)17-21(18,19)11-2-3-13(16)12(15)7-11/h2-7,17H,16H2,1H3. The molecule has 0 aromatic heterocycles. The van der Waals surface area contributed by atoms with Crippen molar-refractivity contribution in [1.82, 2.24) is 0 Å². The van der Waals surface area contributed by atoms with Crippen molar-refractivity contribution in [3.63, 3.8) is 0 Å². The highest BCUT2D eigenvalue weighted by Gasteiger charge is 2.16. The van der Waals surface area contributed by atoms with Crippen LogP contribution in [0.3, 0.4) is 0 Å². The lowest BCUT2D eigenvalue weighted by Gasteiger charge is -2.11. The first-order valence-electron chi connectivity index (χ1n) is 5.74. The van der Waals surface area contributed by atoms with Crippen molar-refractivity contribution in [2.45, 2.75) is 4.90 Å². The molecule has 0 bridgehead atoms. The molecule has 0 aliphatic carbocycles. The lowest BCUT2D eigenvalue weighted by molar-refractivity contribution is 0.415. The quantitative estimate of drug-likeness (QED) is 0.782. The molecule has 0 amide bonds. The number of halogens is 2. The minimum absolute atomic E-state index is 0.0284. The molecule has 8 heteroatoms. The predicted molar refractivity (Wildman–Crippen MR) is 87.4 cm³/mol. The van der Waals surface area contributed by atoms with Gasteiger partial charge in [0.15, 0.2) is 0 Å². The molecule has 0 aliphatic rings. The lowest BCUT2D eigenvalue weighted by Crippen LogP contribution is -2.13. The van der Waals surface area contributed by atoms with Gasteiger partial charge in [0.25, 0.3) is 10.0 Å². The first kappa shape index (κ1) is 15.9. The molecule has 0 spiro atoms. The van der Waals surface area contributed by atoms with Crippen molar-refractivity contribution in [1.29, 1.82) is 0 Å². The molecule has 0 saturated heterocycles. The van der Waals surface area contributed by atoms with Crippen LogP contribution in [0, 0.1) is 0 Å². The Kier molecular flexibility index (Phi) is 4.65. The lowest BCUT2D eigenvalue weighted by atomic mass is 10.3. The van der Waals surface area contributed by atoms with E-state index in [1.165, 1.54) is 25.3 Å². The van der Waals surface area contributed by atoms with Crippen molar-refractivity contribution in [2.24, 2.45) is 0 Å². The summed E-state index contributed by atoms with van der Waals surface area (Å²) in [6.07, 6.45) is 0. The second-order valence-electron chi connectivity index (χ2n) is 4.17. The van der Waals surface area contributed by atoms with Crippen LogP contribution in [-0.4, -0.2) is 15.5 Å². The fourth-order valence-electron chi connectivity index (χ4n) is 1.63. The molecule has 0 unspecified atom stereocenters. The molecular weight excluding hydrogens is 380 g/mol. The van der Waals surface area contributed by atoms with Crippen LogP contribution in [0.4, 0.5) is 11.4 Å². The van der Waals surface area contributed by atoms with Gasteiger partial charge in [-0.3, -0.25) is 4.72 Å². The Morgan fingerprint density at radius 1 is 1.24 bits per heavy atom. The van der Waals surface area contributed by atoms with Gasteiger partial charge in [0, 0.05) is 10.5 Å². The zero-order valence-electron chi connectivity index (χ0n) is 10.9. The first-order chi connectivity index (χ1) is 9.81. The summed E-state index contributed by atoms with van der Waals surface area (Å²) in [7, 11) is -2.26. The number of benzene rings is 2. The van der Waals surface area contributed by atoms with Gasteiger partial charge in [-0.2, -0.15) is 0 Å². The summed E-state index contributed by atoms with van der Waals surface area (Å²) < 4.78 is 32.9. The molecule has 2 aromatic rings. The molecule has 0 fully saturated rings. The maximum absolute atomic E-state index is 12.3. The van der Waals surface area contributed by atoms with Crippen molar-refractivity contribution >= 4 is 48.9 Å². The summed E-state index contributed by atoms with van der Waals surface area (Å²) in [5.41, 5.74) is 6.26. The Labute approximate surface area is 136 Å². The highest BCUT2D eigenvalue weighted by molar-refractivity contribution is 9.10. The SMILES string of the molecule is COc1cc(Br)cc(NS(=O)(=O)c2ccc(N)c(Cl)c2)c1. The normalized spacial score (nSPS) is 11.2. The fourth-order valence-corrected chi connectivity index (χ4v) is 3.41. The topological polar surface area (TPSA) is 81.4 Å². The summed E-state index contributed by atoms with van der Waals surface area (Å²) >= 11 is 9.14. The number of ether oxygens (including phenoxy) is 1. The number of rotatable bonds is 4. The fraction of sp³-hybridized carbons (Fsp3) is 0.0769. The summed E-state index contributed by atoms with van der Waals surface area (Å²) in [6, 6.07) is 9.05. The highest BCUT2D eigenvalue weighted by Crippen LogP contribution is 2.28.